The zero-order valence-electron chi connectivity index (χ0n) is 71.5. The number of fused-ring (bicyclic) bond motifs is 18. The standard InChI is InChI=1S/2C43H27N3.C37H23N3/c1-44-33-21-24-38-39-27-32(20-25-42(39)46(43(38)28-33)35-13-9-12-31(26-35)29-10-3-2-4-11-29)30-18-22-34(23-19-30)45-40-16-7-5-14-36(40)37-15-6-8-17-41(37)45;1-44-33-20-25-38-39-27-32(19-26-42(39)46(43(38)28-33)35-21-15-30(16-22-35)29-9-3-2-4-10-29)31-17-23-34(24-18-31)45-40-13-7-5-11-36(40)37-12-6-8-14-41(37)45;1-38-27-18-22-37-33(24-27)32-23-26(17-21-36(32)39(37)28-9-3-2-4-10-28)25-15-19-29(20-16-25)40-34-13-7-5-11-30(34)31-12-6-8-14-35(31)40/h2*2-28H;2-24H. The van der Waals surface area contributed by atoms with Crippen molar-refractivity contribution in [1.29, 1.82) is 0 Å². The van der Waals surface area contributed by atoms with Gasteiger partial charge in [-0.3, -0.25) is 0 Å². The largest absolute Gasteiger partial charge is 0.311 e. The van der Waals surface area contributed by atoms with Crippen LogP contribution in [0.25, 0.3) is 235 Å². The third kappa shape index (κ3) is 13.2. The molecule has 0 bridgehead atoms. The second kappa shape index (κ2) is 32.3. The SMILES string of the molecule is [C-]#[N+]c1ccc2c(c1)c1cc(-c3ccc(-n4c5ccccc5c5ccccc54)cc3)ccc1n2-c1ccccc1.[C-]#[N+]c1ccc2c3cc(-c4ccc(-n5c6ccccc6c6ccccc65)cc4)ccc3n(-c3ccc(-c4ccccc4)cc3)c2c1.[C-]#[N+]c1ccc2c3cc(-c4ccc(-n5c6ccccc6c6ccccc65)cc4)ccc3n(-c3cccc(-c4ccccc4)c3)c2c1. The summed E-state index contributed by atoms with van der Waals surface area (Å²) in [5.41, 5.74) is 34.1. The predicted octanol–water partition coefficient (Wildman–Crippen LogP) is 33.6. The van der Waals surface area contributed by atoms with Gasteiger partial charge in [0.05, 0.1) is 74.9 Å². The van der Waals surface area contributed by atoms with E-state index in [1.54, 1.807) is 0 Å². The Morgan fingerprint density at radius 2 is 0.326 bits per heavy atom. The average Bonchev–Trinajstić information content (AvgIpc) is 1.58. The second-order valence-corrected chi connectivity index (χ2v) is 33.6. The first-order chi connectivity index (χ1) is 65.3. The lowest BCUT2D eigenvalue weighted by atomic mass is 10.0. The Bertz CT molecular complexity index is 9040. The van der Waals surface area contributed by atoms with Crippen molar-refractivity contribution in [3.8, 4) is 89.8 Å². The van der Waals surface area contributed by atoms with Gasteiger partial charge in [-0.25, -0.2) is 14.5 Å². The van der Waals surface area contributed by atoms with Crippen LogP contribution >= 0.6 is 0 Å². The zero-order valence-corrected chi connectivity index (χ0v) is 71.5. The number of benzene rings is 20. The van der Waals surface area contributed by atoms with Crippen LogP contribution in [0.1, 0.15) is 0 Å². The van der Waals surface area contributed by atoms with Crippen molar-refractivity contribution < 1.29 is 0 Å². The van der Waals surface area contributed by atoms with Crippen molar-refractivity contribution in [1.82, 2.24) is 27.4 Å². The summed E-state index contributed by atoms with van der Waals surface area (Å²) in [4.78, 5) is 11.2. The van der Waals surface area contributed by atoms with Crippen molar-refractivity contribution in [2.45, 2.75) is 0 Å². The van der Waals surface area contributed by atoms with E-state index in [0.717, 1.165) is 128 Å². The first-order valence-electron chi connectivity index (χ1n) is 44.3. The Morgan fingerprint density at radius 1 is 0.121 bits per heavy atom. The maximum Gasteiger partial charge on any atom is 0.189 e. The summed E-state index contributed by atoms with van der Waals surface area (Å²) >= 11 is 0. The van der Waals surface area contributed by atoms with E-state index < -0.39 is 0 Å². The smallest absolute Gasteiger partial charge is 0.189 e. The molecular formula is C123H77N9. The highest BCUT2D eigenvalue weighted by molar-refractivity contribution is 6.16. The maximum absolute atomic E-state index is 7.69. The normalized spacial score (nSPS) is 11.5. The van der Waals surface area contributed by atoms with Crippen LogP contribution in [0.3, 0.4) is 0 Å². The van der Waals surface area contributed by atoms with Crippen molar-refractivity contribution in [2.24, 2.45) is 0 Å². The van der Waals surface area contributed by atoms with E-state index in [4.69, 9.17) is 19.7 Å². The molecule has 0 unspecified atom stereocenters. The molecule has 9 heteroatoms. The summed E-state index contributed by atoms with van der Waals surface area (Å²) in [5.74, 6) is 0. The van der Waals surface area contributed by atoms with Crippen LogP contribution in [0.5, 0.6) is 0 Å². The maximum atomic E-state index is 7.69. The summed E-state index contributed by atoms with van der Waals surface area (Å²) in [6.07, 6.45) is 0. The van der Waals surface area contributed by atoms with E-state index in [1.165, 1.54) is 92.9 Å². The van der Waals surface area contributed by atoms with Gasteiger partial charge in [-0.05, 0) is 231 Å². The van der Waals surface area contributed by atoms with Crippen LogP contribution in [0.2, 0.25) is 0 Å². The molecule has 0 aliphatic heterocycles. The molecule has 20 aromatic carbocycles. The van der Waals surface area contributed by atoms with Gasteiger partial charge in [-0.15, -0.1) is 0 Å². The van der Waals surface area contributed by atoms with Gasteiger partial charge in [0.2, 0.25) is 0 Å². The monoisotopic (exact) mass is 1680 g/mol. The van der Waals surface area contributed by atoms with Gasteiger partial charge in [0.25, 0.3) is 0 Å². The lowest BCUT2D eigenvalue weighted by molar-refractivity contribution is 1.18. The van der Waals surface area contributed by atoms with Crippen molar-refractivity contribution in [2.75, 3.05) is 0 Å². The molecular weight excluding hydrogens is 1600 g/mol. The van der Waals surface area contributed by atoms with Gasteiger partial charge >= 0.3 is 0 Å². The molecule has 6 heterocycles. The Hall–Kier alpha value is -18.3. The van der Waals surface area contributed by atoms with Crippen LogP contribution in [-0.4, -0.2) is 27.4 Å². The Morgan fingerprint density at radius 3 is 0.674 bits per heavy atom. The van der Waals surface area contributed by atoms with Crippen LogP contribution in [-0.2, 0) is 0 Å². The molecule has 9 nitrogen and oxygen atoms in total. The van der Waals surface area contributed by atoms with Gasteiger partial charge in [-0.1, -0.05) is 297 Å². The molecule has 614 valence electrons. The lowest BCUT2D eigenvalue weighted by Gasteiger charge is -2.11. The number of aromatic nitrogens is 6. The number of para-hydroxylation sites is 7. The van der Waals surface area contributed by atoms with E-state index in [2.05, 4.69) is 454 Å². The first-order valence-corrected chi connectivity index (χ1v) is 44.3. The van der Waals surface area contributed by atoms with E-state index in [1.807, 2.05) is 54.6 Å². The molecule has 0 N–H and O–H groups in total. The molecule has 0 aliphatic rings. The van der Waals surface area contributed by atoms with E-state index in [-0.39, 0.29) is 0 Å². The zero-order chi connectivity index (χ0) is 87.9. The fraction of sp³-hybridized carbons (Fsp3) is 0. The highest BCUT2D eigenvalue weighted by atomic mass is 15.0. The van der Waals surface area contributed by atoms with Gasteiger partial charge < -0.3 is 27.4 Å². The Labute approximate surface area is 761 Å². The molecule has 0 spiro atoms. The third-order valence-electron chi connectivity index (χ3n) is 26.2. The fourth-order valence-electron chi connectivity index (χ4n) is 20.1. The Balaban J connectivity index is 0.000000110. The number of hydrogen-bond donors (Lipinski definition) is 0. The molecule has 0 saturated carbocycles. The second-order valence-electron chi connectivity index (χ2n) is 33.6. The van der Waals surface area contributed by atoms with Gasteiger partial charge in [0.15, 0.2) is 17.1 Å². The van der Waals surface area contributed by atoms with E-state index >= 15 is 0 Å². The fourth-order valence-corrected chi connectivity index (χ4v) is 20.1. The van der Waals surface area contributed by atoms with Crippen LogP contribution < -0.4 is 0 Å². The summed E-state index contributed by atoms with van der Waals surface area (Å²) in [7, 11) is 0. The van der Waals surface area contributed by atoms with Gasteiger partial charge in [-0.2, -0.15) is 0 Å². The van der Waals surface area contributed by atoms with E-state index in [0.29, 0.717) is 17.1 Å². The van der Waals surface area contributed by atoms with Crippen LogP contribution in [0, 0.1) is 19.7 Å². The quantitative estimate of drug-likeness (QED) is 0.116. The molecule has 0 aliphatic carbocycles. The molecule has 132 heavy (non-hydrogen) atoms. The minimum absolute atomic E-state index is 0.636. The molecule has 0 amide bonds. The van der Waals surface area contributed by atoms with Gasteiger partial charge in [0, 0.05) is 104 Å². The summed E-state index contributed by atoms with van der Waals surface area (Å²) in [5, 5.41) is 14.4. The lowest BCUT2D eigenvalue weighted by Crippen LogP contribution is -1.94. The molecule has 6 aromatic heterocycles. The minimum atomic E-state index is 0.636. The number of hydrogen-bond acceptors (Lipinski definition) is 0. The average molecular weight is 1680 g/mol. The topological polar surface area (TPSA) is 42.7 Å². The third-order valence-corrected chi connectivity index (χ3v) is 26.2. The van der Waals surface area contributed by atoms with Crippen LogP contribution in [0.15, 0.2) is 467 Å². The van der Waals surface area contributed by atoms with Crippen molar-refractivity contribution >= 4 is 148 Å². The summed E-state index contributed by atoms with van der Waals surface area (Å²) in [6, 6.07) is 165. The van der Waals surface area contributed by atoms with Crippen molar-refractivity contribution in [3.05, 3.63) is 501 Å². The number of rotatable bonds is 11. The summed E-state index contributed by atoms with van der Waals surface area (Å²) in [6.45, 7) is 22.9. The molecule has 0 fully saturated rings. The first kappa shape index (κ1) is 77.3. The van der Waals surface area contributed by atoms with Crippen molar-refractivity contribution in [3.63, 3.8) is 0 Å². The predicted molar refractivity (Wildman–Crippen MR) is 551 cm³/mol. The van der Waals surface area contributed by atoms with Crippen LogP contribution in [0.4, 0.5) is 17.1 Å². The Kier molecular flexibility index (Phi) is 18.9. The molecule has 26 aromatic rings. The molecule has 0 atom stereocenters. The summed E-state index contributed by atoms with van der Waals surface area (Å²) < 4.78 is 13.9. The highest BCUT2D eigenvalue weighted by Gasteiger charge is 2.22. The minimum Gasteiger partial charge on any atom is -0.311 e. The van der Waals surface area contributed by atoms with Gasteiger partial charge in [0.1, 0.15) is 0 Å². The molecule has 0 radical (unpaired) electrons. The molecule has 26 rings (SSSR count). The number of nitrogens with zero attached hydrogens (tertiary/aromatic N) is 9. The molecule has 0 saturated heterocycles. The van der Waals surface area contributed by atoms with E-state index in [9.17, 15) is 0 Å². The highest BCUT2D eigenvalue weighted by Crippen LogP contribution is 2.45.